The van der Waals surface area contributed by atoms with Crippen LogP contribution in [-0.2, 0) is 6.54 Å². The molecule has 0 aliphatic rings. The van der Waals surface area contributed by atoms with Crippen molar-refractivity contribution in [2.24, 2.45) is 0 Å². The number of rotatable bonds is 7. The Kier molecular flexibility index (Phi) is 5.26. The average molecular weight is 303 g/mol. The van der Waals surface area contributed by atoms with Crippen LogP contribution in [0, 0.1) is 0 Å². The van der Waals surface area contributed by atoms with Crippen LogP contribution in [0.4, 0.5) is 0 Å². The molecule has 0 aliphatic carbocycles. The molecule has 0 saturated heterocycles. The first-order valence-electron chi connectivity index (χ1n) is 6.68. The summed E-state index contributed by atoms with van der Waals surface area (Å²) in [5.74, 6) is 0.428. The first-order valence-corrected chi connectivity index (χ1v) is 6.68. The normalized spacial score (nSPS) is 10.3. The first-order chi connectivity index (χ1) is 10.6. The van der Waals surface area contributed by atoms with Crippen LogP contribution in [-0.4, -0.2) is 37.4 Å². The molecular weight excluding hydrogens is 286 g/mol. The Morgan fingerprint density at radius 1 is 1.27 bits per heavy atom. The lowest BCUT2D eigenvalue weighted by molar-refractivity contribution is 0.0900. The van der Waals surface area contributed by atoms with Gasteiger partial charge in [0.25, 0.3) is 5.91 Å². The van der Waals surface area contributed by atoms with E-state index in [0.29, 0.717) is 23.7 Å². The van der Waals surface area contributed by atoms with E-state index in [1.165, 1.54) is 6.26 Å². The number of carbonyl (C=O) groups is 2. The quantitative estimate of drug-likeness (QED) is 0.742. The summed E-state index contributed by atoms with van der Waals surface area (Å²) in [7, 11) is 3.30. The summed E-state index contributed by atoms with van der Waals surface area (Å²) in [6.07, 6.45) is 1.26. The molecule has 1 amide bonds. The fourth-order valence-corrected chi connectivity index (χ4v) is 1.78. The van der Waals surface area contributed by atoms with Crippen molar-refractivity contribution >= 4 is 11.7 Å². The Labute approximate surface area is 127 Å². The Hall–Kier alpha value is -2.67. The van der Waals surface area contributed by atoms with Gasteiger partial charge in [0.05, 0.1) is 20.2 Å². The Balaban J connectivity index is 1.90. The number of benzene rings is 1. The number of carbonyl (C=O) groups excluding carboxylic acids is 2. The van der Waals surface area contributed by atoms with Gasteiger partial charge in [0, 0.05) is 5.56 Å². The molecule has 1 aromatic heterocycles. The number of aromatic nitrogens is 1. The van der Waals surface area contributed by atoms with E-state index in [1.54, 1.807) is 38.4 Å². The van der Waals surface area contributed by atoms with E-state index in [1.807, 2.05) is 0 Å². The van der Waals surface area contributed by atoms with E-state index < -0.39 is 5.91 Å². The zero-order valence-corrected chi connectivity index (χ0v) is 12.4. The van der Waals surface area contributed by atoms with Crippen LogP contribution in [0.25, 0.3) is 0 Å². The number of amides is 1. The Morgan fingerprint density at radius 3 is 2.64 bits per heavy atom. The number of Topliss-reactive ketones (excluding diaryl/α,β-unsaturated/α-hetero) is 1. The van der Waals surface area contributed by atoms with Crippen LogP contribution < -0.4 is 15.4 Å². The minimum Gasteiger partial charge on any atom is -0.497 e. The smallest absolute Gasteiger partial charge is 0.273 e. The maximum atomic E-state index is 12.0. The van der Waals surface area contributed by atoms with Crippen LogP contribution in [0.1, 0.15) is 26.7 Å². The molecule has 0 bridgehead atoms. The van der Waals surface area contributed by atoms with Crippen LogP contribution in [0.3, 0.4) is 0 Å². The van der Waals surface area contributed by atoms with Crippen molar-refractivity contribution in [2.75, 3.05) is 20.7 Å². The van der Waals surface area contributed by atoms with Gasteiger partial charge in [-0.15, -0.1) is 0 Å². The zero-order chi connectivity index (χ0) is 15.9. The van der Waals surface area contributed by atoms with Crippen LogP contribution in [0.5, 0.6) is 5.75 Å². The van der Waals surface area contributed by atoms with Gasteiger partial charge in [-0.3, -0.25) is 9.59 Å². The Morgan fingerprint density at radius 2 is 2.00 bits per heavy atom. The lowest BCUT2D eigenvalue weighted by Crippen LogP contribution is -2.29. The summed E-state index contributed by atoms with van der Waals surface area (Å²) in [5, 5.41) is 5.38. The van der Waals surface area contributed by atoms with Crippen molar-refractivity contribution in [1.29, 1.82) is 0 Å². The highest BCUT2D eigenvalue weighted by atomic mass is 16.5. The second-order valence-corrected chi connectivity index (χ2v) is 4.49. The molecule has 0 radical (unpaired) electrons. The van der Waals surface area contributed by atoms with Crippen molar-refractivity contribution in [3.63, 3.8) is 0 Å². The molecule has 1 heterocycles. The van der Waals surface area contributed by atoms with E-state index in [4.69, 9.17) is 9.15 Å². The Bertz CT molecular complexity index is 649. The predicted octanol–water partition coefficient (Wildman–Crippen LogP) is 1.02. The highest BCUT2D eigenvalue weighted by Crippen LogP contribution is 2.11. The number of methoxy groups -OCH3 is 1. The summed E-state index contributed by atoms with van der Waals surface area (Å²) in [6.45, 7) is 0.317. The molecule has 0 spiro atoms. The lowest BCUT2D eigenvalue weighted by Gasteiger charge is -2.04. The third-order valence-corrected chi connectivity index (χ3v) is 2.93. The summed E-state index contributed by atoms with van der Waals surface area (Å²) in [6, 6.07) is 6.68. The third-order valence-electron chi connectivity index (χ3n) is 2.93. The molecule has 0 unspecified atom stereocenters. The number of nitrogens with one attached hydrogen (secondary N) is 2. The number of ketones is 1. The molecule has 0 saturated carbocycles. The van der Waals surface area contributed by atoms with Gasteiger partial charge in [0.2, 0.25) is 5.89 Å². The molecule has 0 aliphatic heterocycles. The minimum atomic E-state index is -0.451. The molecule has 2 rings (SSSR count). The van der Waals surface area contributed by atoms with Crippen molar-refractivity contribution in [1.82, 2.24) is 15.6 Å². The number of ether oxygens (including phenoxy) is 1. The molecule has 1 aromatic carbocycles. The van der Waals surface area contributed by atoms with Crippen molar-refractivity contribution in [3.8, 4) is 5.75 Å². The molecule has 22 heavy (non-hydrogen) atoms. The third kappa shape index (κ3) is 3.92. The molecule has 2 N–H and O–H groups in total. The summed E-state index contributed by atoms with van der Waals surface area (Å²) in [5.41, 5.74) is 0.643. The van der Waals surface area contributed by atoms with Crippen LogP contribution in [0.15, 0.2) is 34.9 Å². The molecular formula is C15H17N3O4. The van der Waals surface area contributed by atoms with Gasteiger partial charge in [0.1, 0.15) is 12.0 Å². The van der Waals surface area contributed by atoms with Crippen molar-refractivity contribution in [2.45, 2.75) is 6.54 Å². The van der Waals surface area contributed by atoms with Gasteiger partial charge in [-0.2, -0.15) is 0 Å². The highest BCUT2D eigenvalue weighted by molar-refractivity contribution is 6.01. The monoisotopic (exact) mass is 303 g/mol. The summed E-state index contributed by atoms with van der Waals surface area (Å²) < 4.78 is 10.1. The van der Waals surface area contributed by atoms with Crippen LogP contribution in [0.2, 0.25) is 0 Å². The molecule has 7 nitrogen and oxygen atoms in total. The zero-order valence-electron chi connectivity index (χ0n) is 12.4. The summed E-state index contributed by atoms with van der Waals surface area (Å²) in [4.78, 5) is 27.9. The van der Waals surface area contributed by atoms with Gasteiger partial charge in [-0.1, -0.05) is 0 Å². The topological polar surface area (TPSA) is 93.5 Å². The van der Waals surface area contributed by atoms with Gasteiger partial charge >= 0.3 is 0 Å². The minimum absolute atomic E-state index is 0.112. The summed E-state index contributed by atoms with van der Waals surface area (Å²) >= 11 is 0. The van der Waals surface area contributed by atoms with Crippen molar-refractivity contribution in [3.05, 3.63) is 47.7 Å². The molecule has 0 atom stereocenters. The van der Waals surface area contributed by atoms with Gasteiger partial charge < -0.3 is 19.8 Å². The first kappa shape index (κ1) is 15.7. The van der Waals surface area contributed by atoms with Gasteiger partial charge in [-0.25, -0.2) is 4.98 Å². The number of hydrogen-bond donors (Lipinski definition) is 2. The lowest BCUT2D eigenvalue weighted by atomic mass is 10.1. The van der Waals surface area contributed by atoms with E-state index in [0.717, 1.165) is 0 Å². The largest absolute Gasteiger partial charge is 0.497 e. The maximum absolute atomic E-state index is 12.0. The second kappa shape index (κ2) is 7.37. The standard InChI is InChI=1S/C15H17N3O4/c1-16-8-14-18-12(9-22-14)15(20)17-7-13(19)10-3-5-11(21-2)6-4-10/h3-6,9,16H,7-8H2,1-2H3,(H,17,20). The SMILES string of the molecule is CNCc1nc(C(=O)NCC(=O)c2ccc(OC)cc2)co1. The second-order valence-electron chi connectivity index (χ2n) is 4.49. The molecule has 0 fully saturated rings. The molecule has 7 heteroatoms. The van der Waals surface area contributed by atoms with Crippen molar-refractivity contribution < 1.29 is 18.7 Å². The highest BCUT2D eigenvalue weighted by Gasteiger charge is 2.14. The molecule has 2 aromatic rings. The molecule has 116 valence electrons. The fraction of sp³-hybridized carbons (Fsp3) is 0.267. The number of hydrogen-bond acceptors (Lipinski definition) is 6. The number of oxazole rings is 1. The predicted molar refractivity (Wildman–Crippen MR) is 78.9 cm³/mol. The van der Waals surface area contributed by atoms with Gasteiger partial charge in [0.15, 0.2) is 11.5 Å². The number of nitrogens with zero attached hydrogens (tertiary/aromatic N) is 1. The van der Waals surface area contributed by atoms with Crippen LogP contribution >= 0.6 is 0 Å². The fourth-order valence-electron chi connectivity index (χ4n) is 1.78. The van der Waals surface area contributed by atoms with E-state index in [2.05, 4.69) is 15.6 Å². The van der Waals surface area contributed by atoms with E-state index in [-0.39, 0.29) is 18.0 Å². The average Bonchev–Trinajstić information content (AvgIpc) is 3.01. The maximum Gasteiger partial charge on any atom is 0.273 e. The van der Waals surface area contributed by atoms with Gasteiger partial charge in [-0.05, 0) is 31.3 Å². The van der Waals surface area contributed by atoms with E-state index in [9.17, 15) is 9.59 Å². The van der Waals surface area contributed by atoms with E-state index >= 15 is 0 Å².